The maximum Gasteiger partial charge on any atom is 0.234 e. The van der Waals surface area contributed by atoms with E-state index in [1.54, 1.807) is 0 Å². The molecule has 5 heteroatoms. The molecular formula is C15H22N2O3. The van der Waals surface area contributed by atoms with Gasteiger partial charge in [-0.3, -0.25) is 4.79 Å². The summed E-state index contributed by atoms with van der Waals surface area (Å²) in [7, 11) is 0. The van der Waals surface area contributed by atoms with Crippen LogP contribution in [0.4, 0.5) is 5.69 Å². The van der Waals surface area contributed by atoms with Crippen molar-refractivity contribution in [3.63, 3.8) is 0 Å². The number of para-hydroxylation sites is 2. The molecule has 0 aliphatic carbocycles. The molecule has 1 fully saturated rings. The third-order valence-corrected chi connectivity index (χ3v) is 3.63. The molecular weight excluding hydrogens is 256 g/mol. The molecule has 5 nitrogen and oxygen atoms in total. The van der Waals surface area contributed by atoms with E-state index in [4.69, 9.17) is 15.2 Å². The first-order valence-corrected chi connectivity index (χ1v) is 6.94. The number of ether oxygens (including phenoxy) is 2. The summed E-state index contributed by atoms with van der Waals surface area (Å²) in [5.74, 6) is 0.550. The molecule has 0 aromatic heterocycles. The van der Waals surface area contributed by atoms with Gasteiger partial charge in [0.15, 0.2) is 0 Å². The molecule has 1 saturated heterocycles. The highest BCUT2D eigenvalue weighted by atomic mass is 16.5. The number of carbonyl (C=O) groups is 1. The number of rotatable bonds is 5. The van der Waals surface area contributed by atoms with Gasteiger partial charge in [0, 0.05) is 6.04 Å². The lowest BCUT2D eigenvalue weighted by Gasteiger charge is -2.26. The number of hydrogen-bond donors (Lipinski definition) is 2. The molecule has 1 heterocycles. The van der Waals surface area contributed by atoms with Gasteiger partial charge in [0.25, 0.3) is 0 Å². The molecule has 110 valence electrons. The Morgan fingerprint density at radius 2 is 2.30 bits per heavy atom. The first-order chi connectivity index (χ1) is 9.58. The van der Waals surface area contributed by atoms with Gasteiger partial charge in [-0.25, -0.2) is 0 Å². The third kappa shape index (κ3) is 2.94. The predicted octanol–water partition coefficient (Wildman–Crippen LogP) is 1.78. The van der Waals surface area contributed by atoms with Crippen LogP contribution in [0.25, 0.3) is 0 Å². The fourth-order valence-corrected chi connectivity index (χ4v) is 2.10. The Labute approximate surface area is 119 Å². The van der Waals surface area contributed by atoms with Crippen molar-refractivity contribution < 1.29 is 14.3 Å². The van der Waals surface area contributed by atoms with Crippen LogP contribution in [-0.4, -0.2) is 31.8 Å². The molecule has 0 radical (unpaired) electrons. The molecule has 1 aliphatic rings. The zero-order valence-electron chi connectivity index (χ0n) is 12.0. The topological polar surface area (TPSA) is 73.6 Å². The van der Waals surface area contributed by atoms with Crippen LogP contribution in [-0.2, 0) is 9.53 Å². The van der Waals surface area contributed by atoms with Crippen LogP contribution in [0.1, 0.15) is 20.3 Å². The highest BCUT2D eigenvalue weighted by Crippen LogP contribution is 2.31. The van der Waals surface area contributed by atoms with Crippen LogP contribution in [0.5, 0.6) is 5.75 Å². The lowest BCUT2D eigenvalue weighted by molar-refractivity contribution is -0.125. The summed E-state index contributed by atoms with van der Waals surface area (Å²) in [4.78, 5) is 12.4. The van der Waals surface area contributed by atoms with Crippen molar-refractivity contribution >= 4 is 11.6 Å². The number of hydrogen-bond acceptors (Lipinski definition) is 4. The van der Waals surface area contributed by atoms with Gasteiger partial charge in [-0.1, -0.05) is 19.1 Å². The van der Waals surface area contributed by atoms with E-state index in [0.717, 1.165) is 6.42 Å². The van der Waals surface area contributed by atoms with E-state index in [0.29, 0.717) is 31.3 Å². The summed E-state index contributed by atoms with van der Waals surface area (Å²) < 4.78 is 10.9. The van der Waals surface area contributed by atoms with Gasteiger partial charge < -0.3 is 20.5 Å². The van der Waals surface area contributed by atoms with Crippen LogP contribution in [0.2, 0.25) is 0 Å². The minimum atomic E-state index is -0.697. The maximum atomic E-state index is 12.4. The second-order valence-electron chi connectivity index (χ2n) is 5.34. The monoisotopic (exact) mass is 278 g/mol. The molecule has 1 aromatic carbocycles. The van der Waals surface area contributed by atoms with Gasteiger partial charge in [-0.2, -0.15) is 0 Å². The van der Waals surface area contributed by atoms with Gasteiger partial charge in [0.05, 0.1) is 30.9 Å². The number of nitrogens with two attached hydrogens (primary N) is 1. The van der Waals surface area contributed by atoms with E-state index in [1.165, 1.54) is 0 Å². The van der Waals surface area contributed by atoms with Crippen LogP contribution in [0.15, 0.2) is 24.3 Å². The molecule has 0 bridgehead atoms. The second kappa shape index (κ2) is 6.24. The quantitative estimate of drug-likeness (QED) is 0.861. The van der Waals surface area contributed by atoms with Crippen molar-refractivity contribution in [2.75, 3.05) is 25.1 Å². The molecule has 20 heavy (non-hydrogen) atoms. The van der Waals surface area contributed by atoms with Crippen LogP contribution < -0.4 is 15.8 Å². The van der Waals surface area contributed by atoms with Crippen molar-refractivity contribution in [1.29, 1.82) is 0 Å². The largest absolute Gasteiger partial charge is 0.491 e. The smallest absolute Gasteiger partial charge is 0.234 e. The van der Waals surface area contributed by atoms with Gasteiger partial charge in [0.1, 0.15) is 5.75 Å². The van der Waals surface area contributed by atoms with E-state index in [-0.39, 0.29) is 11.9 Å². The van der Waals surface area contributed by atoms with Crippen molar-refractivity contribution in [3.05, 3.63) is 24.3 Å². The Morgan fingerprint density at radius 3 is 2.95 bits per heavy atom. The second-order valence-corrected chi connectivity index (χ2v) is 5.34. The molecule has 2 unspecified atom stereocenters. The van der Waals surface area contributed by atoms with Crippen LogP contribution >= 0.6 is 0 Å². The molecule has 1 amide bonds. The average Bonchev–Trinajstić information content (AvgIpc) is 2.79. The Balaban J connectivity index is 2.11. The number of anilines is 1. The predicted molar refractivity (Wildman–Crippen MR) is 77.8 cm³/mol. The normalized spacial score (nSPS) is 25.4. The summed E-state index contributed by atoms with van der Waals surface area (Å²) in [6.07, 6.45) is 0.915. The number of benzene rings is 1. The highest BCUT2D eigenvalue weighted by molar-refractivity contribution is 5.97. The molecule has 0 saturated carbocycles. The fourth-order valence-electron chi connectivity index (χ4n) is 2.10. The molecule has 2 atom stereocenters. The zero-order valence-corrected chi connectivity index (χ0v) is 12.0. The van der Waals surface area contributed by atoms with Crippen LogP contribution in [0.3, 0.4) is 0 Å². The third-order valence-electron chi connectivity index (χ3n) is 3.63. The van der Waals surface area contributed by atoms with E-state index < -0.39 is 5.41 Å². The number of amides is 1. The molecule has 0 spiro atoms. The van der Waals surface area contributed by atoms with E-state index in [9.17, 15) is 4.79 Å². The summed E-state index contributed by atoms with van der Waals surface area (Å²) in [5.41, 5.74) is 5.94. The van der Waals surface area contributed by atoms with Gasteiger partial charge in [-0.05, 0) is 25.5 Å². The zero-order chi connectivity index (χ0) is 14.6. The van der Waals surface area contributed by atoms with E-state index >= 15 is 0 Å². The molecule has 1 aromatic rings. The molecule has 3 N–H and O–H groups in total. The average molecular weight is 278 g/mol. The van der Waals surface area contributed by atoms with Gasteiger partial charge >= 0.3 is 0 Å². The number of nitrogens with one attached hydrogen (secondary N) is 1. The van der Waals surface area contributed by atoms with Gasteiger partial charge in [-0.15, -0.1) is 0 Å². The van der Waals surface area contributed by atoms with Crippen molar-refractivity contribution in [2.45, 2.75) is 26.3 Å². The molecule has 2 rings (SSSR count). The Hall–Kier alpha value is -1.59. The Kier molecular flexibility index (Phi) is 4.62. The van der Waals surface area contributed by atoms with Crippen molar-refractivity contribution in [2.24, 2.45) is 11.1 Å². The van der Waals surface area contributed by atoms with Crippen LogP contribution in [0, 0.1) is 5.41 Å². The van der Waals surface area contributed by atoms with Gasteiger partial charge in [0.2, 0.25) is 5.91 Å². The summed E-state index contributed by atoms with van der Waals surface area (Å²) in [5, 5.41) is 2.91. The molecule has 1 aliphatic heterocycles. The summed E-state index contributed by atoms with van der Waals surface area (Å²) in [6, 6.07) is 7.13. The van der Waals surface area contributed by atoms with E-state index in [2.05, 4.69) is 5.32 Å². The first kappa shape index (κ1) is 14.8. The highest BCUT2D eigenvalue weighted by Gasteiger charge is 2.44. The number of carbonyl (C=O) groups excluding carboxylic acids is 1. The summed E-state index contributed by atoms with van der Waals surface area (Å²) in [6.45, 7) is 5.25. The van der Waals surface area contributed by atoms with Crippen molar-refractivity contribution in [1.82, 2.24) is 0 Å². The van der Waals surface area contributed by atoms with Crippen molar-refractivity contribution in [3.8, 4) is 5.75 Å². The maximum absolute atomic E-state index is 12.4. The minimum Gasteiger partial charge on any atom is -0.491 e. The summed E-state index contributed by atoms with van der Waals surface area (Å²) >= 11 is 0. The standard InChI is InChI=1S/C15H22N2O3/c1-3-8-20-12-7-5-4-6-11(12)17-14(18)15(2)10-19-9-13(15)16/h4-7,13H,3,8-10,16H2,1-2H3,(H,17,18). The first-order valence-electron chi connectivity index (χ1n) is 6.94. The minimum absolute atomic E-state index is 0.130. The van der Waals surface area contributed by atoms with E-state index in [1.807, 2.05) is 38.1 Å². The SMILES string of the molecule is CCCOc1ccccc1NC(=O)C1(C)COCC1N. The Morgan fingerprint density at radius 1 is 1.55 bits per heavy atom. The fraction of sp³-hybridized carbons (Fsp3) is 0.533. The lowest BCUT2D eigenvalue weighted by atomic mass is 9.85. The lowest BCUT2D eigenvalue weighted by Crippen LogP contribution is -2.47. The Bertz CT molecular complexity index is 478.